The van der Waals surface area contributed by atoms with Crippen molar-refractivity contribution in [1.82, 2.24) is 19.8 Å². The molecule has 1 amide bonds. The molecule has 1 fully saturated rings. The van der Waals surface area contributed by atoms with Gasteiger partial charge in [0.25, 0.3) is 0 Å². The van der Waals surface area contributed by atoms with Crippen molar-refractivity contribution in [1.29, 1.82) is 0 Å². The second-order valence-electron chi connectivity index (χ2n) is 5.18. The Balaban J connectivity index is 1.74. The van der Waals surface area contributed by atoms with E-state index in [-0.39, 0.29) is 6.04 Å². The minimum absolute atomic E-state index is 0.103. The van der Waals surface area contributed by atoms with Crippen LogP contribution in [0.4, 0.5) is 4.79 Å². The van der Waals surface area contributed by atoms with Crippen molar-refractivity contribution in [3.63, 3.8) is 0 Å². The van der Waals surface area contributed by atoms with Gasteiger partial charge in [0, 0.05) is 32.2 Å². The second kappa shape index (κ2) is 5.97. The topological polar surface area (TPSA) is 70.4 Å². The third-order valence-electron chi connectivity index (χ3n) is 3.72. The standard InChI is InChI=1S/C15H18N4O2/c20-15(21)18-7-6-17-13(9-18)10-19-11-16-8-14(19)12-4-2-1-3-5-12/h1-5,8,11,13,17H,6-7,9-10H2,(H,20,21)/t13-/m0/s1. The Hall–Kier alpha value is -2.34. The first-order valence-electron chi connectivity index (χ1n) is 7.01. The van der Waals surface area contributed by atoms with Crippen molar-refractivity contribution in [2.24, 2.45) is 0 Å². The molecule has 1 aliphatic heterocycles. The molecule has 21 heavy (non-hydrogen) atoms. The van der Waals surface area contributed by atoms with Crippen LogP contribution >= 0.6 is 0 Å². The number of nitrogens with one attached hydrogen (secondary N) is 1. The minimum Gasteiger partial charge on any atom is -0.465 e. The zero-order chi connectivity index (χ0) is 14.7. The number of imidazole rings is 1. The van der Waals surface area contributed by atoms with Crippen LogP contribution in [0.1, 0.15) is 0 Å². The zero-order valence-corrected chi connectivity index (χ0v) is 11.6. The first-order valence-corrected chi connectivity index (χ1v) is 7.01. The highest BCUT2D eigenvalue weighted by Gasteiger charge is 2.23. The Morgan fingerprint density at radius 3 is 2.95 bits per heavy atom. The number of amides is 1. The molecule has 2 heterocycles. The van der Waals surface area contributed by atoms with E-state index in [1.54, 1.807) is 6.33 Å². The Labute approximate surface area is 123 Å². The quantitative estimate of drug-likeness (QED) is 0.897. The average molecular weight is 286 g/mol. The van der Waals surface area contributed by atoms with Gasteiger partial charge in [0.05, 0.1) is 18.2 Å². The highest BCUT2D eigenvalue weighted by molar-refractivity contribution is 5.65. The summed E-state index contributed by atoms with van der Waals surface area (Å²) in [6.07, 6.45) is 2.78. The summed E-state index contributed by atoms with van der Waals surface area (Å²) in [4.78, 5) is 16.8. The summed E-state index contributed by atoms with van der Waals surface area (Å²) >= 11 is 0. The summed E-state index contributed by atoms with van der Waals surface area (Å²) in [6, 6.07) is 10.2. The number of rotatable bonds is 3. The molecule has 0 saturated carbocycles. The van der Waals surface area contributed by atoms with Gasteiger partial charge >= 0.3 is 6.09 Å². The number of carbonyl (C=O) groups is 1. The lowest BCUT2D eigenvalue weighted by Gasteiger charge is -2.32. The van der Waals surface area contributed by atoms with Crippen LogP contribution in [0.2, 0.25) is 0 Å². The number of carboxylic acid groups (broad SMARTS) is 1. The minimum atomic E-state index is -0.851. The Bertz CT molecular complexity index is 611. The van der Waals surface area contributed by atoms with Crippen molar-refractivity contribution in [2.45, 2.75) is 12.6 Å². The van der Waals surface area contributed by atoms with E-state index in [9.17, 15) is 4.79 Å². The Morgan fingerprint density at radius 2 is 2.19 bits per heavy atom. The maximum Gasteiger partial charge on any atom is 0.407 e. The monoisotopic (exact) mass is 286 g/mol. The largest absolute Gasteiger partial charge is 0.465 e. The van der Waals surface area contributed by atoms with Gasteiger partial charge in [-0.05, 0) is 5.56 Å². The molecule has 6 heteroatoms. The van der Waals surface area contributed by atoms with Crippen LogP contribution in [0.15, 0.2) is 42.9 Å². The van der Waals surface area contributed by atoms with Crippen molar-refractivity contribution < 1.29 is 9.90 Å². The fourth-order valence-corrected chi connectivity index (χ4v) is 2.67. The van der Waals surface area contributed by atoms with Gasteiger partial charge in [0.15, 0.2) is 0 Å². The van der Waals surface area contributed by atoms with Gasteiger partial charge in [0.1, 0.15) is 0 Å². The number of hydrogen-bond donors (Lipinski definition) is 2. The second-order valence-corrected chi connectivity index (χ2v) is 5.18. The first kappa shape index (κ1) is 13.6. The van der Waals surface area contributed by atoms with Crippen molar-refractivity contribution >= 4 is 6.09 Å². The zero-order valence-electron chi connectivity index (χ0n) is 11.6. The molecule has 1 aliphatic rings. The van der Waals surface area contributed by atoms with Crippen LogP contribution in [-0.4, -0.2) is 51.3 Å². The van der Waals surface area contributed by atoms with Crippen LogP contribution in [0.5, 0.6) is 0 Å². The van der Waals surface area contributed by atoms with Gasteiger partial charge in [-0.25, -0.2) is 9.78 Å². The lowest BCUT2D eigenvalue weighted by molar-refractivity contribution is 0.126. The summed E-state index contributed by atoms with van der Waals surface area (Å²) in [6.45, 7) is 2.43. The lowest BCUT2D eigenvalue weighted by atomic mass is 10.1. The number of piperazine rings is 1. The highest BCUT2D eigenvalue weighted by atomic mass is 16.4. The predicted octanol–water partition coefficient (Wildman–Crippen LogP) is 1.50. The van der Waals surface area contributed by atoms with Gasteiger partial charge < -0.3 is 19.9 Å². The summed E-state index contributed by atoms with van der Waals surface area (Å²) in [5, 5.41) is 12.5. The smallest absolute Gasteiger partial charge is 0.407 e. The average Bonchev–Trinajstić information content (AvgIpc) is 2.96. The van der Waals surface area contributed by atoms with Crippen LogP contribution in [0, 0.1) is 0 Å². The van der Waals surface area contributed by atoms with E-state index in [0.29, 0.717) is 26.2 Å². The third-order valence-corrected chi connectivity index (χ3v) is 3.72. The van der Waals surface area contributed by atoms with Crippen LogP contribution < -0.4 is 5.32 Å². The molecule has 2 N–H and O–H groups in total. The number of benzene rings is 1. The fraction of sp³-hybridized carbons (Fsp3) is 0.333. The van der Waals surface area contributed by atoms with E-state index in [0.717, 1.165) is 11.3 Å². The molecule has 2 aromatic rings. The molecule has 1 aromatic heterocycles. The first-order chi connectivity index (χ1) is 10.2. The summed E-state index contributed by atoms with van der Waals surface area (Å²) in [5.41, 5.74) is 2.16. The maximum absolute atomic E-state index is 11.1. The van der Waals surface area contributed by atoms with E-state index >= 15 is 0 Å². The summed E-state index contributed by atoms with van der Waals surface area (Å²) < 4.78 is 2.07. The fourth-order valence-electron chi connectivity index (χ4n) is 2.67. The number of nitrogens with zero attached hydrogens (tertiary/aromatic N) is 3. The molecule has 0 spiro atoms. The van der Waals surface area contributed by atoms with E-state index in [1.165, 1.54) is 4.90 Å². The number of hydrogen-bond acceptors (Lipinski definition) is 3. The van der Waals surface area contributed by atoms with Gasteiger partial charge in [-0.2, -0.15) is 0 Å². The summed E-state index contributed by atoms with van der Waals surface area (Å²) in [5.74, 6) is 0. The van der Waals surface area contributed by atoms with Crippen LogP contribution in [-0.2, 0) is 6.54 Å². The molecule has 0 unspecified atom stereocenters. The summed E-state index contributed by atoms with van der Waals surface area (Å²) in [7, 11) is 0. The number of aromatic nitrogens is 2. The molecular weight excluding hydrogens is 268 g/mol. The van der Waals surface area contributed by atoms with Gasteiger partial charge in [-0.3, -0.25) is 0 Å². The van der Waals surface area contributed by atoms with Gasteiger partial charge in [-0.15, -0.1) is 0 Å². The Morgan fingerprint density at radius 1 is 1.38 bits per heavy atom. The third kappa shape index (κ3) is 3.05. The molecule has 1 atom stereocenters. The van der Waals surface area contributed by atoms with E-state index in [4.69, 9.17) is 5.11 Å². The van der Waals surface area contributed by atoms with Crippen molar-refractivity contribution in [2.75, 3.05) is 19.6 Å². The highest BCUT2D eigenvalue weighted by Crippen LogP contribution is 2.19. The molecule has 0 aliphatic carbocycles. The molecule has 1 saturated heterocycles. The maximum atomic E-state index is 11.1. The van der Waals surface area contributed by atoms with Crippen molar-refractivity contribution in [3.8, 4) is 11.3 Å². The molecule has 0 bridgehead atoms. The molecule has 110 valence electrons. The van der Waals surface area contributed by atoms with Crippen molar-refractivity contribution in [3.05, 3.63) is 42.9 Å². The molecule has 1 aromatic carbocycles. The molecular formula is C15H18N4O2. The van der Waals surface area contributed by atoms with E-state index < -0.39 is 6.09 Å². The normalized spacial score (nSPS) is 18.7. The van der Waals surface area contributed by atoms with Crippen LogP contribution in [0.3, 0.4) is 0 Å². The SMILES string of the molecule is O=C(O)N1CCN[C@H](Cn2cncc2-c2ccccc2)C1. The van der Waals surface area contributed by atoms with Crippen LogP contribution in [0.25, 0.3) is 11.3 Å². The van der Waals surface area contributed by atoms with Gasteiger partial charge in [-0.1, -0.05) is 30.3 Å². The molecule has 6 nitrogen and oxygen atoms in total. The predicted molar refractivity (Wildman–Crippen MR) is 79.1 cm³/mol. The lowest BCUT2D eigenvalue weighted by Crippen LogP contribution is -2.53. The van der Waals surface area contributed by atoms with Gasteiger partial charge in [0.2, 0.25) is 0 Å². The van der Waals surface area contributed by atoms with E-state index in [1.807, 2.05) is 36.5 Å². The van der Waals surface area contributed by atoms with E-state index in [2.05, 4.69) is 14.9 Å². The Kier molecular flexibility index (Phi) is 3.87. The molecule has 3 rings (SSSR count). The molecule has 0 radical (unpaired) electrons.